The summed E-state index contributed by atoms with van der Waals surface area (Å²) in [4.78, 5) is -0.595. The maximum atomic E-state index is 10.6. The van der Waals surface area contributed by atoms with Crippen molar-refractivity contribution in [3.63, 3.8) is 0 Å². The molecule has 1 atom stereocenters. The summed E-state index contributed by atoms with van der Waals surface area (Å²) in [5.41, 5.74) is 0. The second-order valence-electron chi connectivity index (χ2n) is 2.15. The van der Waals surface area contributed by atoms with E-state index in [1.165, 1.54) is 0 Å². The zero-order valence-corrected chi connectivity index (χ0v) is 6.65. The second-order valence-corrected chi connectivity index (χ2v) is 3.58. The molecule has 6 heteroatoms. The summed E-state index contributed by atoms with van der Waals surface area (Å²) >= 11 is 0. The Balaban J connectivity index is 3.43. The van der Waals surface area contributed by atoms with Gasteiger partial charge in [-0.1, -0.05) is 0 Å². The molecular weight excluding hydrogens is 184 g/mol. The topological polar surface area (TPSA) is 99.2 Å². The molecule has 0 radical (unpaired) electrons. The van der Waals surface area contributed by atoms with Crippen LogP contribution in [0.25, 0.3) is 0 Å². The van der Waals surface area contributed by atoms with Crippen molar-refractivity contribution in [1.29, 1.82) is 0 Å². The molecule has 66 valence electrons. The van der Waals surface area contributed by atoms with E-state index >= 15 is 0 Å². The van der Waals surface area contributed by atoms with Gasteiger partial charge in [-0.3, -0.25) is 0 Å². The maximum Gasteiger partial charge on any atom is 0.438 e. The van der Waals surface area contributed by atoms with Gasteiger partial charge < -0.3 is 10.2 Å². The van der Waals surface area contributed by atoms with Gasteiger partial charge in [-0.05, 0) is 12.1 Å². The molecule has 1 rings (SSSR count). The fraction of sp³-hybridized carbons (Fsp3) is 0. The van der Waals surface area contributed by atoms with E-state index in [9.17, 15) is 4.21 Å². The SMILES string of the molecule is O=S(O)(=[OH+])c1cc(O)ccc1O. The molecule has 0 heterocycles. The predicted molar refractivity (Wildman–Crippen MR) is 40.7 cm³/mol. The van der Waals surface area contributed by atoms with Gasteiger partial charge in [-0.25, -0.2) is 4.55 Å². The first-order chi connectivity index (χ1) is 5.41. The molecule has 5 nitrogen and oxygen atoms in total. The lowest BCUT2D eigenvalue weighted by Crippen LogP contribution is -1.97. The molecule has 0 aromatic heterocycles. The van der Waals surface area contributed by atoms with Crippen molar-refractivity contribution < 1.29 is 23.2 Å². The van der Waals surface area contributed by atoms with Crippen molar-refractivity contribution >= 4 is 10.1 Å². The minimum Gasteiger partial charge on any atom is -0.508 e. The molecule has 1 unspecified atom stereocenters. The van der Waals surface area contributed by atoms with Crippen LogP contribution in [0.1, 0.15) is 0 Å². The zero-order valence-electron chi connectivity index (χ0n) is 5.84. The Hall–Kier alpha value is -1.27. The highest BCUT2D eigenvalue weighted by Crippen LogP contribution is 2.25. The van der Waals surface area contributed by atoms with E-state index in [1.807, 2.05) is 0 Å². The molecule has 1 aromatic rings. The quantitative estimate of drug-likeness (QED) is 0.342. The van der Waals surface area contributed by atoms with Gasteiger partial charge in [0.15, 0.2) is 4.90 Å². The number of aromatic hydroxyl groups is 2. The van der Waals surface area contributed by atoms with Crippen LogP contribution in [-0.4, -0.2) is 23.2 Å². The van der Waals surface area contributed by atoms with E-state index in [0.717, 1.165) is 18.2 Å². The molecule has 0 aliphatic heterocycles. The molecule has 0 saturated carbocycles. The van der Waals surface area contributed by atoms with Crippen molar-refractivity contribution in [2.24, 2.45) is 0 Å². The van der Waals surface area contributed by atoms with E-state index in [2.05, 4.69) is 0 Å². The van der Waals surface area contributed by atoms with Crippen LogP contribution in [-0.2, 0) is 10.1 Å². The first kappa shape index (κ1) is 8.82. The van der Waals surface area contributed by atoms with Crippen LogP contribution in [0.15, 0.2) is 23.1 Å². The summed E-state index contributed by atoms with van der Waals surface area (Å²) in [6, 6.07) is 2.96. The average molecular weight is 191 g/mol. The fourth-order valence-corrected chi connectivity index (χ4v) is 1.33. The summed E-state index contributed by atoms with van der Waals surface area (Å²) in [7, 11) is -4.22. The highest BCUT2D eigenvalue weighted by atomic mass is 32.2. The van der Waals surface area contributed by atoms with Crippen LogP contribution >= 0.6 is 0 Å². The van der Waals surface area contributed by atoms with Crippen LogP contribution in [0, 0.1) is 0 Å². The normalized spacial score (nSPS) is 15.4. The number of phenolic OH excluding ortho intramolecular Hbond substituents is 2. The third-order valence-corrected chi connectivity index (χ3v) is 2.13. The zero-order chi connectivity index (χ0) is 9.35. The fourth-order valence-electron chi connectivity index (χ4n) is 0.716. The van der Waals surface area contributed by atoms with Crippen molar-refractivity contribution in [2.45, 2.75) is 4.90 Å². The minimum absolute atomic E-state index is 0.307. The van der Waals surface area contributed by atoms with E-state index < -0.39 is 20.8 Å². The smallest absolute Gasteiger partial charge is 0.438 e. The van der Waals surface area contributed by atoms with Crippen molar-refractivity contribution in [1.82, 2.24) is 0 Å². The van der Waals surface area contributed by atoms with Gasteiger partial charge in [0.05, 0.1) is 0 Å². The van der Waals surface area contributed by atoms with E-state index in [-0.39, 0.29) is 5.75 Å². The lowest BCUT2D eigenvalue weighted by molar-refractivity contribution is 0.435. The van der Waals surface area contributed by atoms with Crippen LogP contribution in [0.2, 0.25) is 0 Å². The molecule has 0 fully saturated rings. The monoisotopic (exact) mass is 191 g/mol. The summed E-state index contributed by atoms with van der Waals surface area (Å²) in [6.07, 6.45) is 0. The molecule has 0 aliphatic rings. The van der Waals surface area contributed by atoms with Crippen LogP contribution < -0.4 is 0 Å². The molecule has 0 bridgehead atoms. The first-order valence-corrected chi connectivity index (χ1v) is 4.39. The second kappa shape index (κ2) is 2.65. The van der Waals surface area contributed by atoms with Crippen LogP contribution in [0.5, 0.6) is 11.5 Å². The molecule has 4 N–H and O–H groups in total. The highest BCUT2D eigenvalue weighted by Gasteiger charge is 2.21. The molecule has 0 saturated heterocycles. The maximum absolute atomic E-state index is 10.6. The van der Waals surface area contributed by atoms with Crippen LogP contribution in [0.4, 0.5) is 0 Å². The summed E-state index contributed by atoms with van der Waals surface area (Å²) in [6.45, 7) is 0. The largest absolute Gasteiger partial charge is 0.508 e. The van der Waals surface area contributed by atoms with Gasteiger partial charge in [-0.2, -0.15) is 4.21 Å². The third kappa shape index (κ3) is 1.66. The highest BCUT2D eigenvalue weighted by molar-refractivity contribution is 7.86. The summed E-state index contributed by atoms with van der Waals surface area (Å²) in [5.74, 6) is -0.846. The summed E-state index contributed by atoms with van der Waals surface area (Å²) in [5, 5.41) is 17.8. The van der Waals surface area contributed by atoms with E-state index in [4.69, 9.17) is 19.0 Å². The van der Waals surface area contributed by atoms with Gasteiger partial charge >= 0.3 is 10.1 Å². The van der Waals surface area contributed by atoms with Crippen molar-refractivity contribution in [3.05, 3.63) is 18.2 Å². The summed E-state index contributed by atoms with van der Waals surface area (Å²) < 4.78 is 27.8. The minimum atomic E-state index is -4.22. The van der Waals surface area contributed by atoms with Crippen molar-refractivity contribution in [2.75, 3.05) is 0 Å². The third-order valence-electron chi connectivity index (χ3n) is 1.23. The Morgan fingerprint density at radius 3 is 2.33 bits per heavy atom. The molecule has 12 heavy (non-hydrogen) atoms. The standard InChI is InChI=1S/C6H6O5S/c7-4-1-2-5(8)6(3-4)12(9,10)11/h1-3,7-8H,(H,9,10,11)/p+1. The molecule has 0 spiro atoms. The lowest BCUT2D eigenvalue weighted by Gasteiger charge is -1.96. The number of rotatable bonds is 1. The number of benzene rings is 1. The Kier molecular flexibility index (Phi) is 1.95. The Morgan fingerprint density at radius 1 is 1.33 bits per heavy atom. The van der Waals surface area contributed by atoms with Gasteiger partial charge in [0.1, 0.15) is 11.5 Å². The molecule has 1 aromatic carbocycles. The molecular formula is C6H7O5S+. The van der Waals surface area contributed by atoms with Gasteiger partial charge in [-0.15, -0.1) is 4.21 Å². The first-order valence-electron chi connectivity index (χ1n) is 2.92. The number of phenols is 2. The predicted octanol–water partition coefficient (Wildman–Crippen LogP) is 0.502. The van der Waals surface area contributed by atoms with Gasteiger partial charge in [0.2, 0.25) is 0 Å². The van der Waals surface area contributed by atoms with Crippen molar-refractivity contribution in [3.8, 4) is 11.5 Å². The Morgan fingerprint density at radius 2 is 1.92 bits per heavy atom. The lowest BCUT2D eigenvalue weighted by atomic mass is 10.3. The van der Waals surface area contributed by atoms with Gasteiger partial charge in [0.25, 0.3) is 0 Å². The molecule has 0 aliphatic carbocycles. The molecule has 0 amide bonds. The van der Waals surface area contributed by atoms with E-state index in [1.54, 1.807) is 0 Å². The van der Waals surface area contributed by atoms with Crippen LogP contribution in [0.3, 0.4) is 0 Å². The van der Waals surface area contributed by atoms with Gasteiger partial charge in [0, 0.05) is 6.07 Å². The number of hydrogen-bond acceptors (Lipinski definition) is 3. The average Bonchev–Trinajstić information content (AvgIpc) is 1.92. The Labute approximate surface area is 68.6 Å². The number of hydrogen-bond donors (Lipinski definition) is 3. The van der Waals surface area contributed by atoms with E-state index in [0.29, 0.717) is 0 Å². The Bertz CT molecular complexity index is 394.